The van der Waals surface area contributed by atoms with E-state index in [4.69, 9.17) is 32.7 Å². The van der Waals surface area contributed by atoms with E-state index in [0.29, 0.717) is 40.7 Å². The van der Waals surface area contributed by atoms with Crippen LogP contribution in [0, 0.1) is 5.82 Å². The number of hydrogen-bond acceptors (Lipinski definition) is 3. The third-order valence-electron chi connectivity index (χ3n) is 5.16. The Balaban J connectivity index is 1.64. The predicted molar refractivity (Wildman–Crippen MR) is 129 cm³/mol. The fourth-order valence-electron chi connectivity index (χ4n) is 3.36. The normalized spacial score (nSPS) is 11.9. The highest BCUT2D eigenvalue weighted by Crippen LogP contribution is 2.38. The first-order valence-corrected chi connectivity index (χ1v) is 11.5. The zero-order chi connectivity index (χ0) is 22.9. The lowest BCUT2D eigenvalue weighted by molar-refractivity contribution is 0.266. The molecule has 0 saturated heterocycles. The summed E-state index contributed by atoms with van der Waals surface area (Å²) in [4.78, 5) is 0. The molecular formula is C26H28Cl2FNO2. The number of aryl methyl sites for hydroxylation is 1. The van der Waals surface area contributed by atoms with Crippen LogP contribution >= 0.6 is 23.2 Å². The molecule has 0 radical (unpaired) electrons. The Kier molecular flexibility index (Phi) is 9.22. The Morgan fingerprint density at radius 1 is 0.938 bits per heavy atom. The van der Waals surface area contributed by atoms with Crippen molar-refractivity contribution in [1.82, 2.24) is 5.32 Å². The van der Waals surface area contributed by atoms with Crippen molar-refractivity contribution in [3.05, 3.63) is 93.2 Å². The molecule has 0 aliphatic carbocycles. The highest BCUT2D eigenvalue weighted by Gasteiger charge is 2.15. The number of benzene rings is 3. The maximum absolute atomic E-state index is 14.1. The zero-order valence-electron chi connectivity index (χ0n) is 18.3. The first-order valence-electron chi connectivity index (χ1n) is 10.8. The van der Waals surface area contributed by atoms with Crippen molar-refractivity contribution in [2.45, 2.75) is 45.9 Å². The molecule has 3 nitrogen and oxygen atoms in total. The van der Waals surface area contributed by atoms with Crippen LogP contribution in [-0.2, 0) is 19.6 Å². The molecule has 0 spiro atoms. The van der Waals surface area contributed by atoms with Crippen LogP contribution in [0.1, 0.15) is 37.0 Å². The van der Waals surface area contributed by atoms with Gasteiger partial charge in [0, 0.05) is 18.2 Å². The van der Waals surface area contributed by atoms with Crippen LogP contribution in [0.4, 0.5) is 4.39 Å². The Bertz CT molecular complexity index is 994. The van der Waals surface area contributed by atoms with Gasteiger partial charge < -0.3 is 14.8 Å². The summed E-state index contributed by atoms with van der Waals surface area (Å²) >= 11 is 12.6. The first kappa shape index (κ1) is 24.4. The van der Waals surface area contributed by atoms with E-state index in [-0.39, 0.29) is 12.2 Å². The molecule has 3 rings (SSSR count). The SMILES string of the molecule is CCOc1cc(CN[C@@H](C)CCc2ccccc2)cc(Cl)c1OCc1c(F)cccc1Cl. The highest BCUT2D eigenvalue weighted by molar-refractivity contribution is 6.32. The second-order valence-electron chi connectivity index (χ2n) is 7.63. The van der Waals surface area contributed by atoms with Gasteiger partial charge in [-0.25, -0.2) is 4.39 Å². The third kappa shape index (κ3) is 6.86. The van der Waals surface area contributed by atoms with Crippen LogP contribution in [0.3, 0.4) is 0 Å². The minimum atomic E-state index is -0.420. The molecule has 0 bridgehead atoms. The van der Waals surface area contributed by atoms with Crippen molar-refractivity contribution in [3.63, 3.8) is 0 Å². The lowest BCUT2D eigenvalue weighted by Crippen LogP contribution is -2.26. The van der Waals surface area contributed by atoms with E-state index in [1.807, 2.05) is 25.1 Å². The quantitative estimate of drug-likeness (QED) is 0.317. The molecule has 0 aliphatic rings. The van der Waals surface area contributed by atoms with Gasteiger partial charge in [0.1, 0.15) is 12.4 Å². The Morgan fingerprint density at radius 3 is 2.44 bits per heavy atom. The molecule has 0 heterocycles. The van der Waals surface area contributed by atoms with E-state index in [2.05, 4.69) is 36.5 Å². The molecule has 6 heteroatoms. The summed E-state index contributed by atoms with van der Waals surface area (Å²) in [7, 11) is 0. The summed E-state index contributed by atoms with van der Waals surface area (Å²) in [5.74, 6) is 0.492. The number of hydrogen-bond donors (Lipinski definition) is 1. The fraction of sp³-hybridized carbons (Fsp3) is 0.308. The van der Waals surface area contributed by atoms with Gasteiger partial charge in [-0.2, -0.15) is 0 Å². The van der Waals surface area contributed by atoms with Crippen LogP contribution < -0.4 is 14.8 Å². The maximum atomic E-state index is 14.1. The minimum absolute atomic E-state index is 0.0422. The molecule has 32 heavy (non-hydrogen) atoms. The number of nitrogens with one attached hydrogen (secondary N) is 1. The lowest BCUT2D eigenvalue weighted by atomic mass is 10.1. The molecule has 170 valence electrons. The standard InChI is InChI=1S/C26H28Cl2FNO2/c1-3-31-25-15-20(16-30-18(2)12-13-19-8-5-4-6-9-19)14-23(28)26(25)32-17-21-22(27)10-7-11-24(21)29/h4-11,14-15,18,30H,3,12-13,16-17H2,1-2H3/t18-/m0/s1. The van der Waals surface area contributed by atoms with Crippen molar-refractivity contribution in [3.8, 4) is 11.5 Å². The summed E-state index contributed by atoms with van der Waals surface area (Å²) in [6.45, 7) is 5.12. The van der Waals surface area contributed by atoms with Gasteiger partial charge in [0.2, 0.25) is 0 Å². The van der Waals surface area contributed by atoms with Gasteiger partial charge in [-0.15, -0.1) is 0 Å². The van der Waals surface area contributed by atoms with E-state index in [9.17, 15) is 4.39 Å². The van der Waals surface area contributed by atoms with Gasteiger partial charge in [-0.1, -0.05) is 59.6 Å². The van der Waals surface area contributed by atoms with Gasteiger partial charge in [0.25, 0.3) is 0 Å². The van der Waals surface area contributed by atoms with E-state index in [0.717, 1.165) is 18.4 Å². The maximum Gasteiger partial charge on any atom is 0.180 e. The van der Waals surface area contributed by atoms with Crippen molar-refractivity contribution in [2.24, 2.45) is 0 Å². The number of rotatable bonds is 11. The molecule has 0 aromatic heterocycles. The van der Waals surface area contributed by atoms with E-state index in [1.165, 1.54) is 11.6 Å². The van der Waals surface area contributed by atoms with E-state index in [1.54, 1.807) is 12.1 Å². The van der Waals surface area contributed by atoms with Crippen molar-refractivity contribution in [1.29, 1.82) is 0 Å². The summed E-state index contributed by atoms with van der Waals surface area (Å²) in [5.41, 5.74) is 2.60. The van der Waals surface area contributed by atoms with Crippen LogP contribution in [0.25, 0.3) is 0 Å². The zero-order valence-corrected chi connectivity index (χ0v) is 19.8. The van der Waals surface area contributed by atoms with Gasteiger partial charge in [0.05, 0.1) is 16.7 Å². The van der Waals surface area contributed by atoms with Gasteiger partial charge in [-0.3, -0.25) is 0 Å². The smallest absolute Gasteiger partial charge is 0.180 e. The molecule has 1 atom stereocenters. The molecular weight excluding hydrogens is 448 g/mol. The molecule has 0 fully saturated rings. The van der Waals surface area contributed by atoms with Crippen molar-refractivity contribution < 1.29 is 13.9 Å². The molecule has 0 unspecified atom stereocenters. The van der Waals surface area contributed by atoms with Crippen LogP contribution in [-0.4, -0.2) is 12.6 Å². The average molecular weight is 476 g/mol. The largest absolute Gasteiger partial charge is 0.490 e. The topological polar surface area (TPSA) is 30.5 Å². The Morgan fingerprint density at radius 2 is 1.72 bits per heavy atom. The number of halogens is 3. The highest BCUT2D eigenvalue weighted by atomic mass is 35.5. The molecule has 0 aliphatic heterocycles. The predicted octanol–water partition coefficient (Wildman–Crippen LogP) is 7.22. The summed E-state index contributed by atoms with van der Waals surface area (Å²) in [6.07, 6.45) is 2.05. The molecule has 0 saturated carbocycles. The van der Waals surface area contributed by atoms with Crippen molar-refractivity contribution >= 4 is 23.2 Å². The third-order valence-corrected chi connectivity index (χ3v) is 5.79. The minimum Gasteiger partial charge on any atom is -0.490 e. The van der Waals surface area contributed by atoms with Crippen molar-refractivity contribution in [2.75, 3.05) is 6.61 Å². The van der Waals surface area contributed by atoms with E-state index >= 15 is 0 Å². The van der Waals surface area contributed by atoms with Crippen LogP contribution in [0.15, 0.2) is 60.7 Å². The molecule has 3 aromatic rings. The average Bonchev–Trinajstić information content (AvgIpc) is 2.78. The van der Waals surface area contributed by atoms with Gasteiger partial charge in [0.15, 0.2) is 11.5 Å². The molecule has 0 amide bonds. The van der Waals surface area contributed by atoms with E-state index < -0.39 is 5.82 Å². The second-order valence-corrected chi connectivity index (χ2v) is 8.45. The fourth-order valence-corrected chi connectivity index (χ4v) is 3.87. The first-order chi connectivity index (χ1) is 15.5. The summed E-state index contributed by atoms with van der Waals surface area (Å²) < 4.78 is 25.7. The van der Waals surface area contributed by atoms with Gasteiger partial charge in [-0.05, 0) is 62.1 Å². The van der Waals surface area contributed by atoms with Gasteiger partial charge >= 0.3 is 0 Å². The van der Waals surface area contributed by atoms with Crippen LogP contribution in [0.5, 0.6) is 11.5 Å². The summed E-state index contributed by atoms with van der Waals surface area (Å²) in [5, 5.41) is 4.26. The molecule has 1 N–H and O–H groups in total. The lowest BCUT2D eigenvalue weighted by Gasteiger charge is -2.18. The van der Waals surface area contributed by atoms with Crippen LogP contribution in [0.2, 0.25) is 10.0 Å². The molecule has 3 aromatic carbocycles. The Labute approximate surface area is 199 Å². The second kappa shape index (κ2) is 12.1. The summed E-state index contributed by atoms with van der Waals surface area (Å²) in [6, 6.07) is 19.1. The Hall–Kier alpha value is -2.27. The monoisotopic (exact) mass is 475 g/mol. The number of ether oxygens (including phenoxy) is 2.